The molecule has 0 aromatic heterocycles. The Balaban J connectivity index is 1.57. The van der Waals surface area contributed by atoms with Gasteiger partial charge < -0.3 is 10.1 Å². The van der Waals surface area contributed by atoms with Crippen LogP contribution in [0, 0.1) is 5.41 Å². The van der Waals surface area contributed by atoms with E-state index in [1.807, 2.05) is 0 Å². The number of nitrogens with one attached hydrogen (secondary N) is 1. The molecule has 0 saturated carbocycles. The van der Waals surface area contributed by atoms with Gasteiger partial charge in [0.05, 0.1) is 12.2 Å². The van der Waals surface area contributed by atoms with E-state index >= 15 is 0 Å². The highest BCUT2D eigenvalue weighted by atomic mass is 16.5. The highest BCUT2D eigenvalue weighted by Crippen LogP contribution is 2.31. The van der Waals surface area contributed by atoms with Gasteiger partial charge in [-0.2, -0.15) is 0 Å². The third-order valence-corrected chi connectivity index (χ3v) is 4.41. The van der Waals surface area contributed by atoms with Gasteiger partial charge in [-0.05, 0) is 37.6 Å². The summed E-state index contributed by atoms with van der Waals surface area (Å²) in [6, 6.07) is 0. The lowest BCUT2D eigenvalue weighted by molar-refractivity contribution is -0.0509. The minimum atomic E-state index is 0.495. The van der Waals surface area contributed by atoms with E-state index in [1.54, 1.807) is 0 Å². The van der Waals surface area contributed by atoms with Crippen LogP contribution in [0.4, 0.5) is 0 Å². The Hall–Kier alpha value is -0.120. The van der Waals surface area contributed by atoms with Crippen molar-refractivity contribution in [1.82, 2.24) is 10.2 Å². The number of rotatable bonds is 2. The van der Waals surface area contributed by atoms with Gasteiger partial charge in [-0.25, -0.2) is 0 Å². The van der Waals surface area contributed by atoms with E-state index in [2.05, 4.69) is 17.1 Å². The van der Waals surface area contributed by atoms with Crippen molar-refractivity contribution in [3.05, 3.63) is 0 Å². The zero-order chi connectivity index (χ0) is 11.0. The van der Waals surface area contributed by atoms with Crippen LogP contribution in [0.2, 0.25) is 0 Å². The van der Waals surface area contributed by atoms with E-state index in [1.165, 1.54) is 58.4 Å². The molecule has 3 unspecified atom stereocenters. The van der Waals surface area contributed by atoms with E-state index in [9.17, 15) is 0 Å². The first kappa shape index (κ1) is 11.0. The zero-order valence-corrected chi connectivity index (χ0v) is 10.4. The standard InChI is InChI=1S/C13H24N2O/c1-13(5-2-6-14-9-13)10-15-7-11-3-4-12(8-15)16-11/h11-12,14H,2-10H2,1H3. The summed E-state index contributed by atoms with van der Waals surface area (Å²) in [5, 5.41) is 3.55. The summed E-state index contributed by atoms with van der Waals surface area (Å²) in [7, 11) is 0. The van der Waals surface area contributed by atoms with Crippen molar-refractivity contribution in [2.75, 3.05) is 32.7 Å². The van der Waals surface area contributed by atoms with Gasteiger partial charge in [0.15, 0.2) is 0 Å². The van der Waals surface area contributed by atoms with Gasteiger partial charge in [0.2, 0.25) is 0 Å². The van der Waals surface area contributed by atoms with Crippen LogP contribution < -0.4 is 5.32 Å². The number of hydrogen-bond donors (Lipinski definition) is 1. The molecule has 3 nitrogen and oxygen atoms in total. The molecule has 3 aliphatic rings. The van der Waals surface area contributed by atoms with Crippen molar-refractivity contribution in [2.24, 2.45) is 5.41 Å². The summed E-state index contributed by atoms with van der Waals surface area (Å²) >= 11 is 0. The molecular weight excluding hydrogens is 200 g/mol. The summed E-state index contributed by atoms with van der Waals surface area (Å²) < 4.78 is 5.89. The molecule has 3 heteroatoms. The number of ether oxygens (including phenoxy) is 1. The van der Waals surface area contributed by atoms with Gasteiger partial charge in [-0.3, -0.25) is 4.90 Å². The molecule has 16 heavy (non-hydrogen) atoms. The fourth-order valence-corrected chi connectivity index (χ4v) is 3.62. The van der Waals surface area contributed by atoms with E-state index < -0.39 is 0 Å². The van der Waals surface area contributed by atoms with E-state index in [4.69, 9.17) is 4.74 Å². The Bertz CT molecular complexity index is 238. The Morgan fingerprint density at radius 2 is 2.06 bits per heavy atom. The summed E-state index contributed by atoms with van der Waals surface area (Å²) in [4.78, 5) is 2.65. The second-order valence-electron chi connectivity index (χ2n) is 6.24. The highest BCUT2D eigenvalue weighted by Gasteiger charge is 2.37. The molecule has 3 saturated heterocycles. The van der Waals surface area contributed by atoms with Gasteiger partial charge in [0.1, 0.15) is 0 Å². The van der Waals surface area contributed by atoms with Crippen molar-refractivity contribution in [1.29, 1.82) is 0 Å². The molecule has 0 radical (unpaired) electrons. The van der Waals surface area contributed by atoms with Gasteiger partial charge >= 0.3 is 0 Å². The number of hydrogen-bond acceptors (Lipinski definition) is 3. The van der Waals surface area contributed by atoms with E-state index in [0.717, 1.165) is 0 Å². The molecule has 0 amide bonds. The summed E-state index contributed by atoms with van der Waals surface area (Å²) in [6.45, 7) is 8.45. The first-order valence-corrected chi connectivity index (χ1v) is 6.82. The Labute approximate surface area is 98.5 Å². The predicted molar refractivity (Wildman–Crippen MR) is 64.5 cm³/mol. The van der Waals surface area contributed by atoms with Crippen LogP contribution in [-0.2, 0) is 4.74 Å². The number of morpholine rings is 1. The Kier molecular flexibility index (Phi) is 2.94. The molecule has 3 aliphatic heterocycles. The molecular formula is C13H24N2O. The third-order valence-electron chi connectivity index (χ3n) is 4.41. The predicted octanol–water partition coefficient (Wildman–Crippen LogP) is 1.24. The number of piperidine rings is 1. The summed E-state index contributed by atoms with van der Waals surface area (Å²) in [6.07, 6.45) is 6.38. The first-order chi connectivity index (χ1) is 7.73. The maximum atomic E-state index is 5.89. The lowest BCUT2D eigenvalue weighted by Gasteiger charge is -2.41. The van der Waals surface area contributed by atoms with Crippen LogP contribution in [0.25, 0.3) is 0 Å². The van der Waals surface area contributed by atoms with Gasteiger partial charge in [0.25, 0.3) is 0 Å². The van der Waals surface area contributed by atoms with Crippen LogP contribution in [0.1, 0.15) is 32.6 Å². The Morgan fingerprint density at radius 3 is 2.69 bits per heavy atom. The smallest absolute Gasteiger partial charge is 0.0707 e. The zero-order valence-electron chi connectivity index (χ0n) is 10.4. The van der Waals surface area contributed by atoms with Gasteiger partial charge in [0, 0.05) is 26.2 Å². The fraction of sp³-hybridized carbons (Fsp3) is 1.00. The normalized spacial score (nSPS) is 44.8. The van der Waals surface area contributed by atoms with Crippen molar-refractivity contribution in [3.8, 4) is 0 Å². The molecule has 3 rings (SSSR count). The molecule has 0 spiro atoms. The molecule has 0 aromatic carbocycles. The molecule has 92 valence electrons. The highest BCUT2D eigenvalue weighted by molar-refractivity contribution is 4.90. The van der Waals surface area contributed by atoms with Crippen molar-refractivity contribution >= 4 is 0 Å². The van der Waals surface area contributed by atoms with Crippen LogP contribution in [0.15, 0.2) is 0 Å². The second kappa shape index (κ2) is 4.28. The number of nitrogens with zero attached hydrogens (tertiary/aromatic N) is 1. The molecule has 3 fully saturated rings. The maximum Gasteiger partial charge on any atom is 0.0707 e. The molecule has 0 aliphatic carbocycles. The van der Waals surface area contributed by atoms with Crippen LogP contribution >= 0.6 is 0 Å². The lowest BCUT2D eigenvalue weighted by Crippen LogP contribution is -2.51. The molecule has 0 aromatic rings. The summed E-state index contributed by atoms with van der Waals surface area (Å²) in [5.74, 6) is 0. The minimum Gasteiger partial charge on any atom is -0.372 e. The van der Waals surface area contributed by atoms with Gasteiger partial charge in [-0.1, -0.05) is 6.92 Å². The molecule has 2 bridgehead atoms. The molecule has 3 atom stereocenters. The average molecular weight is 224 g/mol. The van der Waals surface area contributed by atoms with E-state index in [-0.39, 0.29) is 0 Å². The topological polar surface area (TPSA) is 24.5 Å². The SMILES string of the molecule is CC1(CN2CC3CCC(C2)O3)CCCNC1. The lowest BCUT2D eigenvalue weighted by atomic mass is 9.82. The van der Waals surface area contributed by atoms with Crippen LogP contribution in [0.5, 0.6) is 0 Å². The van der Waals surface area contributed by atoms with E-state index in [0.29, 0.717) is 17.6 Å². The quantitative estimate of drug-likeness (QED) is 0.764. The van der Waals surface area contributed by atoms with Crippen LogP contribution in [0.3, 0.4) is 0 Å². The van der Waals surface area contributed by atoms with Gasteiger partial charge in [-0.15, -0.1) is 0 Å². The van der Waals surface area contributed by atoms with Crippen molar-refractivity contribution < 1.29 is 4.74 Å². The van der Waals surface area contributed by atoms with Crippen molar-refractivity contribution in [3.63, 3.8) is 0 Å². The monoisotopic (exact) mass is 224 g/mol. The average Bonchev–Trinajstić information content (AvgIpc) is 2.58. The van der Waals surface area contributed by atoms with Crippen molar-refractivity contribution in [2.45, 2.75) is 44.8 Å². The molecule has 1 N–H and O–H groups in total. The maximum absolute atomic E-state index is 5.89. The Morgan fingerprint density at radius 1 is 1.31 bits per heavy atom. The first-order valence-electron chi connectivity index (χ1n) is 6.82. The second-order valence-corrected chi connectivity index (χ2v) is 6.24. The molecule has 3 heterocycles. The minimum absolute atomic E-state index is 0.495. The van der Waals surface area contributed by atoms with Crippen LogP contribution in [-0.4, -0.2) is 49.8 Å². The number of likely N-dealkylation sites (tertiary alicyclic amines) is 1. The third kappa shape index (κ3) is 2.27. The largest absolute Gasteiger partial charge is 0.372 e. The number of fused-ring (bicyclic) bond motifs is 2. The fourth-order valence-electron chi connectivity index (χ4n) is 3.62. The summed E-state index contributed by atoms with van der Waals surface area (Å²) in [5.41, 5.74) is 0.495.